The first kappa shape index (κ1) is 14.2. The predicted molar refractivity (Wildman–Crippen MR) is 79.9 cm³/mol. The minimum absolute atomic E-state index is 0.186. The topological polar surface area (TPSA) is 42.7 Å². The lowest BCUT2D eigenvalue weighted by Crippen LogP contribution is -2.25. The van der Waals surface area contributed by atoms with Gasteiger partial charge in [0, 0.05) is 30.3 Å². The molecule has 2 rings (SSSR count). The minimum Gasteiger partial charge on any atom is -0.308 e. The Balaban J connectivity index is 2.18. The summed E-state index contributed by atoms with van der Waals surface area (Å²) in [4.78, 5) is 4.49. The van der Waals surface area contributed by atoms with Crippen LogP contribution in [-0.4, -0.2) is 21.3 Å². The first-order valence-electron chi connectivity index (χ1n) is 6.53. The molecule has 0 fully saturated rings. The summed E-state index contributed by atoms with van der Waals surface area (Å²) >= 11 is 3.58. The Morgan fingerprint density at radius 2 is 2.26 bits per heavy atom. The summed E-state index contributed by atoms with van der Waals surface area (Å²) in [5, 5.41) is 7.99. The van der Waals surface area contributed by atoms with Crippen molar-refractivity contribution < 1.29 is 0 Å². The fraction of sp³-hybridized carbons (Fsp3) is 0.429. The van der Waals surface area contributed by atoms with Gasteiger partial charge in [0.2, 0.25) is 0 Å². The molecule has 2 aromatic heterocycles. The van der Waals surface area contributed by atoms with Crippen molar-refractivity contribution in [1.29, 1.82) is 0 Å². The van der Waals surface area contributed by atoms with Gasteiger partial charge in [-0.3, -0.25) is 9.67 Å². The van der Waals surface area contributed by atoms with Gasteiger partial charge in [-0.15, -0.1) is 0 Å². The first-order valence-corrected chi connectivity index (χ1v) is 7.32. The Kier molecular flexibility index (Phi) is 5.10. The van der Waals surface area contributed by atoms with Gasteiger partial charge in [0.25, 0.3) is 0 Å². The number of nitrogens with zero attached hydrogens (tertiary/aromatic N) is 3. The van der Waals surface area contributed by atoms with Crippen molar-refractivity contribution in [2.24, 2.45) is 7.05 Å². The average Bonchev–Trinajstić information content (AvgIpc) is 2.81. The smallest absolute Gasteiger partial charge is 0.0718 e. The van der Waals surface area contributed by atoms with E-state index in [1.165, 1.54) is 0 Å². The Morgan fingerprint density at radius 1 is 1.42 bits per heavy atom. The van der Waals surface area contributed by atoms with E-state index >= 15 is 0 Å². The van der Waals surface area contributed by atoms with E-state index in [0.717, 1.165) is 35.2 Å². The van der Waals surface area contributed by atoms with Gasteiger partial charge in [-0.05, 0) is 47.1 Å². The van der Waals surface area contributed by atoms with Gasteiger partial charge in [0.1, 0.15) is 0 Å². The van der Waals surface area contributed by atoms with Crippen molar-refractivity contribution in [3.05, 3.63) is 46.5 Å². The summed E-state index contributed by atoms with van der Waals surface area (Å²) in [5.41, 5.74) is 2.12. The number of aromatic nitrogens is 3. The maximum Gasteiger partial charge on any atom is 0.0718 e. The maximum atomic E-state index is 4.49. The van der Waals surface area contributed by atoms with E-state index in [4.69, 9.17) is 0 Å². The highest BCUT2D eigenvalue weighted by Crippen LogP contribution is 2.23. The SMILES string of the molecule is CCCNC(Cc1ccn(C)n1)c1ncccc1Br. The second-order valence-corrected chi connectivity index (χ2v) is 5.42. The third kappa shape index (κ3) is 3.88. The van der Waals surface area contributed by atoms with Crippen molar-refractivity contribution in [1.82, 2.24) is 20.1 Å². The maximum absolute atomic E-state index is 4.49. The molecule has 0 aliphatic rings. The number of hydrogen-bond donors (Lipinski definition) is 1. The van der Waals surface area contributed by atoms with E-state index in [-0.39, 0.29) is 6.04 Å². The molecule has 1 unspecified atom stereocenters. The molecule has 2 heterocycles. The zero-order valence-electron chi connectivity index (χ0n) is 11.3. The van der Waals surface area contributed by atoms with E-state index in [1.54, 1.807) is 0 Å². The van der Waals surface area contributed by atoms with Gasteiger partial charge < -0.3 is 5.32 Å². The van der Waals surface area contributed by atoms with Crippen molar-refractivity contribution in [3.63, 3.8) is 0 Å². The number of hydrogen-bond acceptors (Lipinski definition) is 3. The van der Waals surface area contributed by atoms with E-state index in [2.05, 4.69) is 44.3 Å². The summed E-state index contributed by atoms with van der Waals surface area (Å²) in [6.07, 6.45) is 5.75. The fourth-order valence-corrected chi connectivity index (χ4v) is 2.55. The highest BCUT2D eigenvalue weighted by Gasteiger charge is 2.16. The summed E-state index contributed by atoms with van der Waals surface area (Å²) in [7, 11) is 1.94. The molecule has 1 atom stereocenters. The Labute approximate surface area is 122 Å². The van der Waals surface area contributed by atoms with E-state index in [0.29, 0.717) is 0 Å². The van der Waals surface area contributed by atoms with E-state index in [1.807, 2.05) is 36.3 Å². The normalized spacial score (nSPS) is 12.6. The van der Waals surface area contributed by atoms with Crippen LogP contribution in [0.3, 0.4) is 0 Å². The van der Waals surface area contributed by atoms with Crippen LogP contribution in [0.25, 0.3) is 0 Å². The molecule has 0 amide bonds. The van der Waals surface area contributed by atoms with Crippen LogP contribution >= 0.6 is 15.9 Å². The molecular formula is C14H19BrN4. The number of nitrogens with one attached hydrogen (secondary N) is 1. The molecular weight excluding hydrogens is 304 g/mol. The molecule has 0 aromatic carbocycles. The van der Waals surface area contributed by atoms with Crippen LogP contribution in [0, 0.1) is 0 Å². The van der Waals surface area contributed by atoms with Crippen molar-refractivity contribution >= 4 is 15.9 Å². The largest absolute Gasteiger partial charge is 0.308 e. The van der Waals surface area contributed by atoms with Gasteiger partial charge in [-0.2, -0.15) is 5.10 Å². The standard InChI is InChI=1S/C14H19BrN4/c1-3-7-16-13(10-11-6-9-19(2)18-11)14-12(15)5-4-8-17-14/h4-6,8-9,13,16H,3,7,10H2,1-2H3. The lowest BCUT2D eigenvalue weighted by atomic mass is 10.1. The molecule has 0 spiro atoms. The highest BCUT2D eigenvalue weighted by molar-refractivity contribution is 9.10. The number of pyridine rings is 1. The highest BCUT2D eigenvalue weighted by atomic mass is 79.9. The fourth-order valence-electron chi connectivity index (χ4n) is 2.02. The zero-order chi connectivity index (χ0) is 13.7. The molecule has 0 bridgehead atoms. The molecule has 0 aliphatic heterocycles. The summed E-state index contributed by atoms with van der Waals surface area (Å²) in [6, 6.07) is 6.20. The van der Waals surface area contributed by atoms with Crippen LogP contribution in [0.5, 0.6) is 0 Å². The second-order valence-electron chi connectivity index (χ2n) is 4.56. The van der Waals surface area contributed by atoms with Crippen LogP contribution in [-0.2, 0) is 13.5 Å². The molecule has 0 saturated carbocycles. The molecule has 19 heavy (non-hydrogen) atoms. The number of aryl methyl sites for hydroxylation is 1. The van der Waals surface area contributed by atoms with Crippen LogP contribution in [0.15, 0.2) is 35.1 Å². The molecule has 0 radical (unpaired) electrons. The summed E-state index contributed by atoms with van der Waals surface area (Å²) in [6.45, 7) is 3.14. The minimum atomic E-state index is 0.186. The summed E-state index contributed by atoms with van der Waals surface area (Å²) in [5.74, 6) is 0. The number of rotatable bonds is 6. The molecule has 0 saturated heterocycles. The monoisotopic (exact) mass is 322 g/mol. The molecule has 0 aliphatic carbocycles. The van der Waals surface area contributed by atoms with Crippen LogP contribution in [0.1, 0.15) is 30.8 Å². The number of halogens is 1. The van der Waals surface area contributed by atoms with Crippen molar-refractivity contribution in [3.8, 4) is 0 Å². The molecule has 5 heteroatoms. The van der Waals surface area contributed by atoms with Gasteiger partial charge in [0.05, 0.1) is 17.4 Å². The summed E-state index contributed by atoms with van der Waals surface area (Å²) < 4.78 is 2.87. The Morgan fingerprint density at radius 3 is 2.89 bits per heavy atom. The third-order valence-electron chi connectivity index (χ3n) is 2.94. The second kappa shape index (κ2) is 6.82. The average molecular weight is 323 g/mol. The first-order chi connectivity index (χ1) is 9.20. The Hall–Kier alpha value is -1.20. The molecule has 2 aromatic rings. The van der Waals surface area contributed by atoms with Gasteiger partial charge in [-0.25, -0.2) is 0 Å². The lowest BCUT2D eigenvalue weighted by Gasteiger charge is -2.18. The predicted octanol–water partition coefficient (Wildman–Crippen LogP) is 2.86. The van der Waals surface area contributed by atoms with Crippen LogP contribution < -0.4 is 5.32 Å². The van der Waals surface area contributed by atoms with Crippen molar-refractivity contribution in [2.45, 2.75) is 25.8 Å². The van der Waals surface area contributed by atoms with Gasteiger partial charge >= 0.3 is 0 Å². The van der Waals surface area contributed by atoms with E-state index < -0.39 is 0 Å². The van der Waals surface area contributed by atoms with Gasteiger partial charge in [-0.1, -0.05) is 6.92 Å². The van der Waals surface area contributed by atoms with Crippen molar-refractivity contribution in [2.75, 3.05) is 6.54 Å². The molecule has 4 nitrogen and oxygen atoms in total. The Bertz CT molecular complexity index is 524. The molecule has 1 N–H and O–H groups in total. The van der Waals surface area contributed by atoms with Crippen LogP contribution in [0.2, 0.25) is 0 Å². The van der Waals surface area contributed by atoms with Crippen LogP contribution in [0.4, 0.5) is 0 Å². The molecule has 102 valence electrons. The lowest BCUT2D eigenvalue weighted by molar-refractivity contribution is 0.508. The third-order valence-corrected chi connectivity index (χ3v) is 3.61. The zero-order valence-corrected chi connectivity index (χ0v) is 12.9. The van der Waals surface area contributed by atoms with E-state index in [9.17, 15) is 0 Å². The quantitative estimate of drug-likeness (QED) is 0.889. The van der Waals surface area contributed by atoms with Gasteiger partial charge in [0.15, 0.2) is 0 Å².